The van der Waals surface area contributed by atoms with E-state index in [0.717, 1.165) is 32.4 Å². The summed E-state index contributed by atoms with van der Waals surface area (Å²) >= 11 is 0. The van der Waals surface area contributed by atoms with Gasteiger partial charge in [0.15, 0.2) is 0 Å². The molecule has 0 aromatic rings. The quantitative estimate of drug-likeness (QED) is 0.693. The lowest BCUT2D eigenvalue weighted by molar-refractivity contribution is -0.133. The molecule has 0 fully saturated rings. The van der Waals surface area contributed by atoms with Gasteiger partial charge in [-0.15, -0.1) is 0 Å². The van der Waals surface area contributed by atoms with Crippen molar-refractivity contribution in [1.29, 1.82) is 0 Å². The highest BCUT2D eigenvalue weighted by molar-refractivity contribution is 5.76. The van der Waals surface area contributed by atoms with Gasteiger partial charge in [0.05, 0.1) is 0 Å². The number of nitrogens with two attached hydrogens (primary N) is 1. The summed E-state index contributed by atoms with van der Waals surface area (Å²) in [7, 11) is 0. The van der Waals surface area contributed by atoms with Gasteiger partial charge in [0.2, 0.25) is 5.91 Å². The zero-order valence-corrected chi connectivity index (χ0v) is 11.3. The van der Waals surface area contributed by atoms with Gasteiger partial charge in [0, 0.05) is 19.0 Å². The van der Waals surface area contributed by atoms with E-state index < -0.39 is 0 Å². The molecule has 3 heteroatoms. The molecule has 0 spiro atoms. The van der Waals surface area contributed by atoms with Crippen LogP contribution < -0.4 is 5.73 Å². The van der Waals surface area contributed by atoms with E-state index in [9.17, 15) is 4.79 Å². The van der Waals surface area contributed by atoms with Crippen LogP contribution in [0.5, 0.6) is 0 Å². The van der Waals surface area contributed by atoms with Crippen molar-refractivity contribution in [1.82, 2.24) is 4.90 Å². The van der Waals surface area contributed by atoms with Crippen molar-refractivity contribution in [3.05, 3.63) is 0 Å². The number of amides is 1. The molecule has 0 saturated carbocycles. The summed E-state index contributed by atoms with van der Waals surface area (Å²) < 4.78 is 0. The lowest BCUT2D eigenvalue weighted by Crippen LogP contribution is -2.36. The molecule has 96 valence electrons. The maximum atomic E-state index is 11.9. The van der Waals surface area contributed by atoms with E-state index in [2.05, 4.69) is 20.8 Å². The van der Waals surface area contributed by atoms with Gasteiger partial charge >= 0.3 is 0 Å². The molecule has 3 nitrogen and oxygen atoms in total. The van der Waals surface area contributed by atoms with Crippen LogP contribution in [0.2, 0.25) is 0 Å². The van der Waals surface area contributed by atoms with Crippen LogP contribution in [-0.2, 0) is 4.79 Å². The highest BCUT2D eigenvalue weighted by Crippen LogP contribution is 2.16. The third-order valence-corrected chi connectivity index (χ3v) is 3.20. The number of carbonyl (C=O) groups excluding carboxylic acids is 1. The molecule has 0 rings (SSSR count). The van der Waals surface area contributed by atoms with Crippen LogP contribution in [0.25, 0.3) is 0 Å². The lowest BCUT2D eigenvalue weighted by atomic mass is 9.96. The topological polar surface area (TPSA) is 46.3 Å². The van der Waals surface area contributed by atoms with E-state index in [-0.39, 0.29) is 5.91 Å². The molecule has 0 aliphatic rings. The van der Waals surface area contributed by atoms with Crippen molar-refractivity contribution in [3.8, 4) is 0 Å². The summed E-state index contributed by atoms with van der Waals surface area (Å²) in [6.07, 6.45) is 3.82. The Morgan fingerprint density at radius 1 is 1.25 bits per heavy atom. The highest BCUT2D eigenvalue weighted by Gasteiger charge is 2.16. The zero-order valence-electron chi connectivity index (χ0n) is 11.3. The van der Waals surface area contributed by atoms with Gasteiger partial charge in [-0.1, -0.05) is 13.3 Å². The van der Waals surface area contributed by atoms with E-state index in [4.69, 9.17) is 5.73 Å². The van der Waals surface area contributed by atoms with Crippen LogP contribution >= 0.6 is 0 Å². The molecule has 0 bridgehead atoms. The number of rotatable bonds is 8. The Kier molecular flexibility index (Phi) is 8.26. The van der Waals surface area contributed by atoms with Gasteiger partial charge in [-0.2, -0.15) is 0 Å². The molecule has 0 heterocycles. The molecule has 0 aliphatic carbocycles. The van der Waals surface area contributed by atoms with Crippen LogP contribution in [0.1, 0.15) is 53.4 Å². The van der Waals surface area contributed by atoms with Gasteiger partial charge in [0.1, 0.15) is 0 Å². The first-order valence-electron chi connectivity index (χ1n) is 6.56. The first kappa shape index (κ1) is 15.4. The van der Waals surface area contributed by atoms with Crippen molar-refractivity contribution in [2.75, 3.05) is 13.1 Å². The minimum Gasteiger partial charge on any atom is -0.341 e. The third kappa shape index (κ3) is 5.50. The van der Waals surface area contributed by atoms with E-state index in [1.807, 2.05) is 11.8 Å². The normalized spacial score (nSPS) is 12.9. The molecular formula is C13H28N2O. The predicted octanol–water partition coefficient (Wildman–Crippen LogP) is 2.40. The average molecular weight is 228 g/mol. The summed E-state index contributed by atoms with van der Waals surface area (Å²) in [6.45, 7) is 9.88. The van der Waals surface area contributed by atoms with Crippen molar-refractivity contribution < 1.29 is 4.79 Å². The molecule has 1 atom stereocenters. The van der Waals surface area contributed by atoms with Crippen LogP contribution in [0.4, 0.5) is 0 Å². The summed E-state index contributed by atoms with van der Waals surface area (Å²) in [5.74, 6) is 0.896. The van der Waals surface area contributed by atoms with Gasteiger partial charge < -0.3 is 10.6 Å². The van der Waals surface area contributed by atoms with Crippen molar-refractivity contribution in [3.63, 3.8) is 0 Å². The van der Waals surface area contributed by atoms with Crippen LogP contribution in [0.3, 0.4) is 0 Å². The Bertz CT molecular complexity index is 192. The maximum Gasteiger partial charge on any atom is 0.222 e. The zero-order chi connectivity index (χ0) is 12.6. The van der Waals surface area contributed by atoms with E-state index in [0.29, 0.717) is 18.4 Å². The molecule has 0 aromatic heterocycles. The Labute approximate surface area is 100 Å². The standard InChI is InChI=1S/C13H28N2O/c1-5-12(9-10-14)7-8-13(16)15(6-2)11(3)4/h11-12H,5-10,14H2,1-4H3. The lowest BCUT2D eigenvalue weighted by Gasteiger charge is -2.26. The fourth-order valence-corrected chi connectivity index (χ4v) is 2.09. The largest absolute Gasteiger partial charge is 0.341 e. The van der Waals surface area contributed by atoms with E-state index in [1.54, 1.807) is 0 Å². The fourth-order valence-electron chi connectivity index (χ4n) is 2.09. The number of hydrogen-bond donors (Lipinski definition) is 1. The maximum absolute atomic E-state index is 11.9. The highest BCUT2D eigenvalue weighted by atomic mass is 16.2. The van der Waals surface area contributed by atoms with Crippen molar-refractivity contribution in [2.45, 2.75) is 59.4 Å². The summed E-state index contributed by atoms with van der Waals surface area (Å²) in [4.78, 5) is 13.9. The van der Waals surface area contributed by atoms with Gasteiger partial charge in [0.25, 0.3) is 0 Å². The summed E-state index contributed by atoms with van der Waals surface area (Å²) in [6, 6.07) is 0.312. The molecule has 0 saturated heterocycles. The Balaban J connectivity index is 4.03. The molecular weight excluding hydrogens is 200 g/mol. The van der Waals surface area contributed by atoms with Gasteiger partial charge in [-0.3, -0.25) is 4.79 Å². The predicted molar refractivity (Wildman–Crippen MR) is 69.2 cm³/mol. The Hall–Kier alpha value is -0.570. The smallest absolute Gasteiger partial charge is 0.222 e. The monoisotopic (exact) mass is 228 g/mol. The van der Waals surface area contributed by atoms with Crippen molar-refractivity contribution in [2.24, 2.45) is 11.7 Å². The van der Waals surface area contributed by atoms with Crippen LogP contribution in [-0.4, -0.2) is 29.9 Å². The minimum atomic E-state index is 0.285. The van der Waals surface area contributed by atoms with Gasteiger partial charge in [-0.05, 0) is 46.1 Å². The SMILES string of the molecule is CCC(CCN)CCC(=O)N(CC)C(C)C. The summed E-state index contributed by atoms with van der Waals surface area (Å²) in [5.41, 5.74) is 5.55. The van der Waals surface area contributed by atoms with E-state index >= 15 is 0 Å². The molecule has 1 amide bonds. The van der Waals surface area contributed by atoms with Crippen LogP contribution in [0.15, 0.2) is 0 Å². The second-order valence-corrected chi connectivity index (χ2v) is 4.66. The second kappa shape index (κ2) is 8.57. The number of carbonyl (C=O) groups is 1. The molecule has 16 heavy (non-hydrogen) atoms. The summed E-state index contributed by atoms with van der Waals surface area (Å²) in [5, 5.41) is 0. The molecule has 0 radical (unpaired) electrons. The molecule has 0 aromatic carbocycles. The molecule has 1 unspecified atom stereocenters. The van der Waals surface area contributed by atoms with Gasteiger partial charge in [-0.25, -0.2) is 0 Å². The van der Waals surface area contributed by atoms with Crippen LogP contribution in [0, 0.1) is 5.92 Å². The number of hydrogen-bond acceptors (Lipinski definition) is 2. The molecule has 2 N–H and O–H groups in total. The number of nitrogens with zero attached hydrogens (tertiary/aromatic N) is 1. The average Bonchev–Trinajstić information content (AvgIpc) is 2.24. The second-order valence-electron chi connectivity index (χ2n) is 4.66. The first-order valence-corrected chi connectivity index (χ1v) is 6.56. The third-order valence-electron chi connectivity index (χ3n) is 3.20. The van der Waals surface area contributed by atoms with Crippen molar-refractivity contribution >= 4 is 5.91 Å². The first-order chi connectivity index (χ1) is 7.56. The fraction of sp³-hybridized carbons (Fsp3) is 0.923. The van der Waals surface area contributed by atoms with E-state index in [1.165, 1.54) is 0 Å². The minimum absolute atomic E-state index is 0.285. The Morgan fingerprint density at radius 2 is 1.88 bits per heavy atom. The Morgan fingerprint density at radius 3 is 2.25 bits per heavy atom. The molecule has 0 aliphatic heterocycles.